The van der Waals surface area contributed by atoms with Gasteiger partial charge in [-0.2, -0.15) is 0 Å². The number of nitrogens with zero attached hydrogens (tertiary/aromatic N) is 1. The molecule has 1 saturated carbocycles. The Balaban J connectivity index is 1.71. The minimum Gasteiger partial charge on any atom is -0.481 e. The highest BCUT2D eigenvalue weighted by atomic mass is 32.1. The Bertz CT molecular complexity index is 632. The number of hydrogen-bond donors (Lipinski definition) is 2. The summed E-state index contributed by atoms with van der Waals surface area (Å²) in [6.07, 6.45) is 7.19. The van der Waals surface area contributed by atoms with Crippen molar-refractivity contribution in [1.82, 2.24) is 4.98 Å². The Morgan fingerprint density at radius 3 is 2.90 bits per heavy atom. The third-order valence-electron chi connectivity index (χ3n) is 4.01. The van der Waals surface area contributed by atoms with Crippen LogP contribution in [0, 0.1) is 0 Å². The number of carbonyl (C=O) groups is 1. The summed E-state index contributed by atoms with van der Waals surface area (Å²) in [6.45, 7) is 0. The summed E-state index contributed by atoms with van der Waals surface area (Å²) in [5.41, 5.74) is 2.06. The molecule has 0 amide bonds. The van der Waals surface area contributed by atoms with Gasteiger partial charge in [0.2, 0.25) is 0 Å². The van der Waals surface area contributed by atoms with Crippen LogP contribution in [0.1, 0.15) is 44.1 Å². The average molecular weight is 304 g/mol. The minimum absolute atomic E-state index is 0.178. The number of hydrogen-bond acceptors (Lipinski definition) is 4. The third-order valence-corrected chi connectivity index (χ3v) is 4.96. The first kappa shape index (κ1) is 14.3. The van der Waals surface area contributed by atoms with E-state index in [1.165, 1.54) is 32.1 Å². The minimum atomic E-state index is -0.751. The molecule has 1 aliphatic carbocycles. The molecule has 3 rings (SSSR count). The lowest BCUT2D eigenvalue weighted by molar-refractivity contribution is -0.136. The SMILES string of the molecule is O=C(O)CCc1ccc2nc(NC3CCCCC3)sc2c1. The summed E-state index contributed by atoms with van der Waals surface area (Å²) in [7, 11) is 0. The number of fused-ring (bicyclic) bond motifs is 1. The van der Waals surface area contributed by atoms with Crippen molar-refractivity contribution in [3.05, 3.63) is 23.8 Å². The predicted molar refractivity (Wildman–Crippen MR) is 86.1 cm³/mol. The number of aryl methyl sites for hydroxylation is 1. The number of thiazole rings is 1. The lowest BCUT2D eigenvalue weighted by atomic mass is 9.96. The van der Waals surface area contributed by atoms with Crippen molar-refractivity contribution in [2.24, 2.45) is 0 Å². The van der Waals surface area contributed by atoms with Crippen LogP contribution in [0.25, 0.3) is 10.2 Å². The zero-order chi connectivity index (χ0) is 14.7. The second kappa shape index (κ2) is 6.43. The van der Waals surface area contributed by atoms with E-state index in [2.05, 4.69) is 16.4 Å². The number of carboxylic acids is 1. The van der Waals surface area contributed by atoms with E-state index in [9.17, 15) is 4.79 Å². The van der Waals surface area contributed by atoms with Crippen LogP contribution in [0.4, 0.5) is 5.13 Å². The normalized spacial score (nSPS) is 16.2. The van der Waals surface area contributed by atoms with Crippen molar-refractivity contribution in [1.29, 1.82) is 0 Å². The maximum atomic E-state index is 10.6. The molecule has 1 fully saturated rings. The van der Waals surface area contributed by atoms with Gasteiger partial charge in [0.25, 0.3) is 0 Å². The number of rotatable bonds is 5. The van der Waals surface area contributed by atoms with Crippen molar-refractivity contribution in [2.45, 2.75) is 51.0 Å². The fourth-order valence-electron chi connectivity index (χ4n) is 2.86. The molecular weight excluding hydrogens is 284 g/mol. The van der Waals surface area contributed by atoms with Gasteiger partial charge < -0.3 is 10.4 Å². The van der Waals surface area contributed by atoms with Crippen LogP contribution < -0.4 is 5.32 Å². The van der Waals surface area contributed by atoms with Gasteiger partial charge in [0, 0.05) is 12.5 Å². The molecule has 0 aliphatic heterocycles. The van der Waals surface area contributed by atoms with Gasteiger partial charge >= 0.3 is 5.97 Å². The summed E-state index contributed by atoms with van der Waals surface area (Å²) in [6, 6.07) is 6.61. The molecule has 0 saturated heterocycles. The summed E-state index contributed by atoms with van der Waals surface area (Å²) in [5.74, 6) is -0.751. The van der Waals surface area contributed by atoms with Gasteiger partial charge in [-0.15, -0.1) is 0 Å². The zero-order valence-corrected chi connectivity index (χ0v) is 12.8. The van der Waals surface area contributed by atoms with E-state index < -0.39 is 5.97 Å². The highest BCUT2D eigenvalue weighted by Gasteiger charge is 2.15. The number of aliphatic carboxylic acids is 1. The molecule has 112 valence electrons. The largest absolute Gasteiger partial charge is 0.481 e. The molecule has 1 aliphatic rings. The van der Waals surface area contributed by atoms with E-state index in [0.717, 1.165) is 20.9 Å². The van der Waals surface area contributed by atoms with Crippen LogP contribution >= 0.6 is 11.3 Å². The Morgan fingerprint density at radius 1 is 1.33 bits per heavy atom. The third kappa shape index (κ3) is 3.73. The van der Waals surface area contributed by atoms with Gasteiger partial charge in [-0.25, -0.2) is 4.98 Å². The number of benzene rings is 1. The van der Waals surface area contributed by atoms with Crippen LogP contribution in [0.5, 0.6) is 0 Å². The number of anilines is 1. The summed E-state index contributed by atoms with van der Waals surface area (Å²) in [4.78, 5) is 15.3. The molecule has 0 bridgehead atoms. The predicted octanol–water partition coefficient (Wildman–Crippen LogP) is 4.06. The second-order valence-electron chi connectivity index (χ2n) is 5.69. The molecule has 1 heterocycles. The quantitative estimate of drug-likeness (QED) is 0.874. The van der Waals surface area contributed by atoms with Crippen LogP contribution in [-0.4, -0.2) is 22.1 Å². The summed E-state index contributed by atoms with van der Waals surface area (Å²) < 4.78 is 1.14. The Morgan fingerprint density at radius 2 is 2.14 bits per heavy atom. The van der Waals surface area contributed by atoms with Crippen LogP contribution in [0.2, 0.25) is 0 Å². The van der Waals surface area contributed by atoms with Crippen LogP contribution in [-0.2, 0) is 11.2 Å². The molecule has 0 spiro atoms. The molecular formula is C16H20N2O2S. The van der Waals surface area contributed by atoms with Crippen molar-refractivity contribution < 1.29 is 9.90 Å². The van der Waals surface area contributed by atoms with E-state index in [4.69, 9.17) is 5.11 Å². The molecule has 2 aromatic rings. The molecule has 0 radical (unpaired) electrons. The van der Waals surface area contributed by atoms with Crippen molar-refractivity contribution in [3.63, 3.8) is 0 Å². The monoisotopic (exact) mass is 304 g/mol. The Labute approximate surface area is 128 Å². The molecule has 0 unspecified atom stereocenters. The first-order valence-corrected chi connectivity index (χ1v) is 8.40. The topological polar surface area (TPSA) is 62.2 Å². The zero-order valence-electron chi connectivity index (χ0n) is 12.0. The van der Waals surface area contributed by atoms with E-state index in [0.29, 0.717) is 12.5 Å². The highest BCUT2D eigenvalue weighted by Crippen LogP contribution is 2.29. The van der Waals surface area contributed by atoms with Gasteiger partial charge in [0.15, 0.2) is 5.13 Å². The fourth-order valence-corrected chi connectivity index (χ4v) is 3.87. The van der Waals surface area contributed by atoms with Crippen molar-refractivity contribution in [2.75, 3.05) is 5.32 Å². The molecule has 4 nitrogen and oxygen atoms in total. The summed E-state index contributed by atoms with van der Waals surface area (Å²) >= 11 is 1.67. The highest BCUT2D eigenvalue weighted by molar-refractivity contribution is 7.22. The van der Waals surface area contributed by atoms with Gasteiger partial charge in [-0.1, -0.05) is 36.7 Å². The molecule has 2 N–H and O–H groups in total. The Hall–Kier alpha value is -1.62. The maximum Gasteiger partial charge on any atom is 0.303 e. The number of carboxylic acid groups (broad SMARTS) is 1. The van der Waals surface area contributed by atoms with Crippen molar-refractivity contribution >= 4 is 32.7 Å². The smallest absolute Gasteiger partial charge is 0.303 e. The molecule has 21 heavy (non-hydrogen) atoms. The van der Waals surface area contributed by atoms with Gasteiger partial charge in [0.1, 0.15) is 0 Å². The average Bonchev–Trinajstić information content (AvgIpc) is 2.87. The second-order valence-corrected chi connectivity index (χ2v) is 6.72. The van der Waals surface area contributed by atoms with Crippen molar-refractivity contribution in [3.8, 4) is 0 Å². The molecule has 1 aromatic heterocycles. The standard InChI is InChI=1S/C16H20N2O2S/c19-15(20)9-7-11-6-8-13-14(10-11)21-16(18-13)17-12-4-2-1-3-5-12/h6,8,10,12H,1-5,7,9H2,(H,17,18)(H,19,20). The first-order valence-electron chi connectivity index (χ1n) is 7.58. The van der Waals surface area contributed by atoms with Gasteiger partial charge in [0.05, 0.1) is 10.2 Å². The summed E-state index contributed by atoms with van der Waals surface area (Å²) in [5, 5.41) is 13.3. The fraction of sp³-hybridized carbons (Fsp3) is 0.500. The number of nitrogens with one attached hydrogen (secondary N) is 1. The molecule has 1 aromatic carbocycles. The van der Waals surface area contributed by atoms with E-state index >= 15 is 0 Å². The Kier molecular flexibility index (Phi) is 4.39. The van der Waals surface area contributed by atoms with E-state index in [1.54, 1.807) is 11.3 Å². The van der Waals surface area contributed by atoms with E-state index in [1.807, 2.05) is 12.1 Å². The van der Waals surface area contributed by atoms with Crippen LogP contribution in [0.15, 0.2) is 18.2 Å². The van der Waals surface area contributed by atoms with E-state index in [-0.39, 0.29) is 6.42 Å². The number of aromatic nitrogens is 1. The van der Waals surface area contributed by atoms with Crippen LogP contribution in [0.3, 0.4) is 0 Å². The molecule has 0 atom stereocenters. The van der Waals surface area contributed by atoms with Gasteiger partial charge in [-0.05, 0) is 37.0 Å². The first-order chi connectivity index (χ1) is 10.2. The lowest BCUT2D eigenvalue weighted by Gasteiger charge is -2.22. The lowest BCUT2D eigenvalue weighted by Crippen LogP contribution is -2.21. The molecule has 5 heteroatoms. The maximum absolute atomic E-state index is 10.6. The van der Waals surface area contributed by atoms with Gasteiger partial charge in [-0.3, -0.25) is 4.79 Å².